The number of nitrogens with one attached hydrogen (secondary N) is 4. The van der Waals surface area contributed by atoms with Gasteiger partial charge >= 0.3 is 0 Å². The molecule has 0 aliphatic carbocycles. The third-order valence-electron chi connectivity index (χ3n) is 7.55. The monoisotopic (exact) mass is 792 g/mol. The number of aromatic nitrogens is 4. The van der Waals surface area contributed by atoms with Gasteiger partial charge in [0.2, 0.25) is 0 Å². The van der Waals surface area contributed by atoms with Crippen LogP contribution in [0.15, 0.2) is 70.1 Å². The number of halogens is 6. The summed E-state index contributed by atoms with van der Waals surface area (Å²) in [6.07, 6.45) is 2.60. The van der Waals surface area contributed by atoms with Gasteiger partial charge in [-0.1, -0.05) is 55.1 Å². The number of hydrogen-bond donors (Lipinski definition) is 6. The van der Waals surface area contributed by atoms with Crippen molar-refractivity contribution in [3.05, 3.63) is 103 Å². The molecule has 4 aromatic carbocycles. The number of H-pyrrole nitrogens is 2. The maximum absolute atomic E-state index is 16.1. The third-order valence-corrected chi connectivity index (χ3v) is 9.17. The summed E-state index contributed by atoms with van der Waals surface area (Å²) in [7, 11) is 0. The first-order valence-electron chi connectivity index (χ1n) is 13.6. The lowest BCUT2D eigenvalue weighted by molar-refractivity contribution is -0.123. The predicted octanol–water partition coefficient (Wildman–Crippen LogP) is 8.46. The first-order valence-corrected chi connectivity index (χ1v) is 16.0. The summed E-state index contributed by atoms with van der Waals surface area (Å²) in [5, 5.41) is 27.7. The van der Waals surface area contributed by atoms with Crippen molar-refractivity contribution in [2.45, 2.75) is 11.8 Å². The Morgan fingerprint density at radius 1 is 0.761 bits per heavy atom. The highest BCUT2D eigenvalue weighted by Gasteiger charge is 2.35. The zero-order chi connectivity index (χ0) is 32.7. The maximum atomic E-state index is 16.1. The minimum absolute atomic E-state index is 0.00744. The molecule has 0 aliphatic heterocycles. The molecule has 0 saturated carbocycles. The van der Waals surface area contributed by atoms with Gasteiger partial charge < -0.3 is 30.8 Å². The molecule has 2 heterocycles. The fourth-order valence-corrected chi connectivity index (χ4v) is 6.75. The summed E-state index contributed by atoms with van der Waals surface area (Å²) < 4.78 is 33.5. The molecule has 46 heavy (non-hydrogen) atoms. The van der Waals surface area contributed by atoms with E-state index >= 15 is 8.78 Å². The van der Waals surface area contributed by atoms with E-state index in [2.05, 4.69) is 62.4 Å². The fourth-order valence-electron chi connectivity index (χ4n) is 5.30. The number of ketones is 1. The van der Waals surface area contributed by atoms with Crippen molar-refractivity contribution in [1.29, 1.82) is 0 Å². The molecular formula is C31H22Br2Cl2F2N6O3. The van der Waals surface area contributed by atoms with E-state index in [1.165, 1.54) is 24.8 Å². The molecule has 6 rings (SSSR count). The summed E-state index contributed by atoms with van der Waals surface area (Å²) in [5.41, 5.74) is 0.998. The Labute approximate surface area is 286 Å². The Kier molecular flexibility index (Phi) is 9.33. The first-order chi connectivity index (χ1) is 22.1. The van der Waals surface area contributed by atoms with Crippen molar-refractivity contribution in [3.63, 3.8) is 0 Å². The lowest BCUT2D eigenvalue weighted by atomic mass is 9.82. The Morgan fingerprint density at radius 3 is 1.54 bits per heavy atom. The summed E-state index contributed by atoms with van der Waals surface area (Å²) in [6, 6.07) is 12.8. The first kappa shape index (κ1) is 32.4. The maximum Gasteiger partial charge on any atom is 0.174 e. The number of imidazole rings is 2. The number of carbonyl (C=O) groups excluding carboxylic acids is 1. The average Bonchev–Trinajstić information content (AvgIpc) is 3.70. The zero-order valence-electron chi connectivity index (χ0n) is 23.3. The highest BCUT2D eigenvalue weighted by Crippen LogP contribution is 2.42. The van der Waals surface area contributed by atoms with Gasteiger partial charge in [0.05, 0.1) is 81.5 Å². The van der Waals surface area contributed by atoms with E-state index in [9.17, 15) is 15.0 Å². The number of fused-ring (bicyclic) bond motifs is 2. The predicted molar refractivity (Wildman–Crippen MR) is 182 cm³/mol. The number of aromatic amines is 2. The van der Waals surface area contributed by atoms with Crippen LogP contribution in [0.4, 0.5) is 31.5 Å². The molecule has 0 aliphatic rings. The van der Waals surface area contributed by atoms with Gasteiger partial charge in [0, 0.05) is 8.95 Å². The summed E-state index contributed by atoms with van der Waals surface area (Å²) in [4.78, 5) is 28.1. The van der Waals surface area contributed by atoms with Crippen molar-refractivity contribution in [3.8, 4) is 0 Å². The lowest BCUT2D eigenvalue weighted by Gasteiger charge is -2.25. The fraction of sp³-hybridized carbons (Fsp3) is 0.129. The van der Waals surface area contributed by atoms with E-state index < -0.39 is 42.5 Å². The van der Waals surface area contributed by atoms with Crippen LogP contribution in [-0.2, 0) is 4.79 Å². The van der Waals surface area contributed by atoms with Gasteiger partial charge in [-0.05, 0) is 59.7 Å². The molecule has 2 atom stereocenters. The SMILES string of the molecule is O=C(C(CO)c1cc2[nH]cnc2c(F)c1Nc1ccc(Br)cc1Cl)C(CO)c1cc2[nH]cnc2c(F)c1Nc1ccc(Br)cc1Cl. The van der Waals surface area contributed by atoms with Gasteiger partial charge in [0.15, 0.2) is 17.4 Å². The second kappa shape index (κ2) is 13.3. The van der Waals surface area contributed by atoms with Crippen LogP contribution in [-0.4, -0.2) is 49.1 Å². The lowest BCUT2D eigenvalue weighted by Crippen LogP contribution is -2.27. The second-order valence-corrected chi connectivity index (χ2v) is 12.9. The number of anilines is 4. The molecule has 2 aromatic heterocycles. The molecule has 0 amide bonds. The normalized spacial score (nSPS) is 12.9. The highest BCUT2D eigenvalue weighted by atomic mass is 79.9. The molecule has 0 radical (unpaired) electrons. The molecule has 6 N–H and O–H groups in total. The number of aliphatic hydroxyl groups is 2. The van der Waals surface area contributed by atoms with E-state index in [0.717, 1.165) is 0 Å². The topological polar surface area (TPSA) is 139 Å². The van der Waals surface area contributed by atoms with Crippen LogP contribution in [0.3, 0.4) is 0 Å². The minimum atomic E-state index is -1.39. The Balaban J connectivity index is 1.48. The van der Waals surface area contributed by atoms with Crippen molar-refractivity contribution < 1.29 is 23.8 Å². The van der Waals surface area contributed by atoms with Gasteiger partial charge in [0.1, 0.15) is 11.0 Å². The van der Waals surface area contributed by atoms with E-state index in [0.29, 0.717) is 20.3 Å². The molecule has 0 fully saturated rings. The van der Waals surface area contributed by atoms with Crippen LogP contribution in [0.25, 0.3) is 22.1 Å². The van der Waals surface area contributed by atoms with Crippen molar-refractivity contribution in [2.75, 3.05) is 23.8 Å². The molecular weight excluding hydrogens is 773 g/mol. The summed E-state index contributed by atoms with van der Waals surface area (Å²) >= 11 is 19.5. The molecule has 0 spiro atoms. The summed E-state index contributed by atoms with van der Waals surface area (Å²) in [6.45, 7) is -1.54. The smallest absolute Gasteiger partial charge is 0.174 e. The number of hydrogen-bond acceptors (Lipinski definition) is 7. The zero-order valence-corrected chi connectivity index (χ0v) is 28.0. The van der Waals surface area contributed by atoms with Crippen molar-refractivity contribution >= 4 is 106 Å². The number of benzene rings is 4. The largest absolute Gasteiger partial charge is 0.395 e. The molecule has 6 aromatic rings. The van der Waals surface area contributed by atoms with Gasteiger partial charge in [-0.25, -0.2) is 18.7 Å². The molecule has 9 nitrogen and oxygen atoms in total. The van der Waals surface area contributed by atoms with E-state index in [-0.39, 0.29) is 54.6 Å². The molecule has 236 valence electrons. The molecule has 2 unspecified atom stereocenters. The van der Waals surface area contributed by atoms with Crippen LogP contribution in [0.1, 0.15) is 23.0 Å². The van der Waals surface area contributed by atoms with Crippen LogP contribution in [0, 0.1) is 11.6 Å². The van der Waals surface area contributed by atoms with Crippen LogP contribution in [0.2, 0.25) is 10.0 Å². The average molecular weight is 795 g/mol. The number of carbonyl (C=O) groups is 1. The van der Waals surface area contributed by atoms with Crippen molar-refractivity contribution in [2.24, 2.45) is 0 Å². The van der Waals surface area contributed by atoms with Gasteiger partial charge in [-0.3, -0.25) is 4.79 Å². The minimum Gasteiger partial charge on any atom is -0.395 e. The Morgan fingerprint density at radius 2 is 1.17 bits per heavy atom. The van der Waals surface area contributed by atoms with E-state index in [1.54, 1.807) is 36.4 Å². The number of Topliss-reactive ketones (excluding diaryl/α,β-unsaturated/α-hetero) is 1. The highest BCUT2D eigenvalue weighted by molar-refractivity contribution is 9.10. The number of rotatable bonds is 10. The van der Waals surface area contributed by atoms with Crippen LogP contribution in [0.5, 0.6) is 0 Å². The van der Waals surface area contributed by atoms with Gasteiger partial charge in [-0.15, -0.1) is 0 Å². The van der Waals surface area contributed by atoms with Crippen molar-refractivity contribution in [1.82, 2.24) is 19.9 Å². The van der Waals surface area contributed by atoms with Crippen LogP contribution < -0.4 is 10.6 Å². The standard InChI is InChI=1S/C31H22Br2Cl2F2N6O3/c32-13-1-3-21(19(34)5-13)42-27-15(7-23-29(25(27)36)40-11-38-23)17(9-44)31(46)18(10-45)16-8-24-30(41-12-39-24)26(37)28(16)43-22-4-2-14(33)6-20(22)35/h1-8,11-12,17-18,42-45H,9-10H2,(H,38,40)(H,39,41). The molecule has 0 saturated heterocycles. The quantitative estimate of drug-likeness (QED) is 0.0819. The van der Waals surface area contributed by atoms with Gasteiger partial charge in [0.25, 0.3) is 0 Å². The third kappa shape index (κ3) is 5.98. The second-order valence-electron chi connectivity index (χ2n) is 10.3. The Hall–Kier alpha value is -3.59. The molecule has 15 heteroatoms. The number of nitrogens with zero attached hydrogens (tertiary/aromatic N) is 2. The van der Waals surface area contributed by atoms with E-state index in [1.807, 2.05) is 0 Å². The molecule has 0 bridgehead atoms. The van der Waals surface area contributed by atoms with Crippen LogP contribution >= 0.6 is 55.1 Å². The Bertz CT molecular complexity index is 1980. The van der Waals surface area contributed by atoms with Gasteiger partial charge in [-0.2, -0.15) is 0 Å². The van der Waals surface area contributed by atoms with E-state index in [4.69, 9.17) is 23.2 Å². The summed E-state index contributed by atoms with van der Waals surface area (Å²) in [5.74, 6) is -5.08. The number of aliphatic hydroxyl groups excluding tert-OH is 2.